The highest BCUT2D eigenvalue weighted by molar-refractivity contribution is 6.29. The van der Waals surface area contributed by atoms with Crippen molar-refractivity contribution in [3.8, 4) is 0 Å². The van der Waals surface area contributed by atoms with Crippen LogP contribution in [0.3, 0.4) is 0 Å². The van der Waals surface area contributed by atoms with Gasteiger partial charge in [-0.3, -0.25) is 0 Å². The van der Waals surface area contributed by atoms with Crippen molar-refractivity contribution in [2.75, 3.05) is 34.8 Å². The minimum Gasteiger partial charge on any atom is -0.356 e. The maximum atomic E-state index is 13.8. The molecule has 3 aromatic rings. The molecule has 2 aromatic heterocycles. The number of nitrogens with zero attached hydrogens (tertiary/aromatic N) is 7. The van der Waals surface area contributed by atoms with E-state index in [1.807, 2.05) is 15.6 Å². The lowest BCUT2D eigenvalue weighted by atomic mass is 9.92. The minimum absolute atomic E-state index is 0.278. The number of hydrogen-bond acceptors (Lipinski definition) is 7. The molecule has 1 aromatic carbocycles. The number of piperidine rings is 1. The Morgan fingerprint density at radius 2 is 1.82 bits per heavy atom. The van der Waals surface area contributed by atoms with Crippen LogP contribution in [0.2, 0.25) is 5.15 Å². The molecule has 172 valence electrons. The van der Waals surface area contributed by atoms with Crippen LogP contribution < -0.4 is 15.1 Å². The summed E-state index contributed by atoms with van der Waals surface area (Å²) in [4.78, 5) is 17.3. The van der Waals surface area contributed by atoms with Crippen LogP contribution in [0, 0.1) is 23.5 Å². The zero-order chi connectivity index (χ0) is 22.5. The molecule has 3 atom stereocenters. The van der Waals surface area contributed by atoms with Crippen LogP contribution in [0.5, 0.6) is 0 Å². The number of halogens is 3. The molecule has 4 heterocycles. The van der Waals surface area contributed by atoms with Crippen LogP contribution in [0.25, 0.3) is 0 Å². The fourth-order valence-electron chi connectivity index (χ4n) is 5.41. The average Bonchev–Trinajstić information content (AvgIpc) is 3.31. The van der Waals surface area contributed by atoms with Gasteiger partial charge in [0.05, 0.1) is 0 Å². The first-order chi connectivity index (χ1) is 16.0. The zero-order valence-electron chi connectivity index (χ0n) is 17.8. The molecule has 1 N–H and O–H groups in total. The summed E-state index contributed by atoms with van der Waals surface area (Å²) in [6.45, 7) is 3.18. The van der Waals surface area contributed by atoms with Crippen molar-refractivity contribution in [1.82, 2.24) is 24.7 Å². The number of aromatic nitrogens is 5. The topological polar surface area (TPSA) is 75.0 Å². The van der Waals surface area contributed by atoms with Crippen LogP contribution in [0.15, 0.2) is 30.6 Å². The molecule has 0 radical (unpaired) electrons. The number of rotatable bonds is 4. The molecule has 33 heavy (non-hydrogen) atoms. The van der Waals surface area contributed by atoms with Gasteiger partial charge >= 0.3 is 0 Å². The summed E-state index contributed by atoms with van der Waals surface area (Å²) in [6, 6.07) is 6.02. The van der Waals surface area contributed by atoms with Gasteiger partial charge in [0.15, 0.2) is 11.6 Å². The van der Waals surface area contributed by atoms with E-state index >= 15 is 0 Å². The van der Waals surface area contributed by atoms with E-state index in [4.69, 9.17) is 16.6 Å². The molecule has 3 aliphatic rings. The molecule has 0 spiro atoms. The molecule has 0 amide bonds. The van der Waals surface area contributed by atoms with Crippen molar-refractivity contribution in [1.29, 1.82) is 0 Å². The van der Waals surface area contributed by atoms with E-state index < -0.39 is 11.6 Å². The van der Waals surface area contributed by atoms with Gasteiger partial charge in [0, 0.05) is 50.0 Å². The van der Waals surface area contributed by atoms with E-state index in [1.165, 1.54) is 12.4 Å². The Kier molecular flexibility index (Phi) is 5.05. The molecule has 1 saturated carbocycles. The van der Waals surface area contributed by atoms with Crippen molar-refractivity contribution in [3.05, 3.63) is 47.4 Å². The normalized spacial score (nSPS) is 24.2. The standard InChI is InChI=1S/C22H23ClF2N8/c23-18-9-19(27-12-26-18)31-10-13-2-3-14(11-31)20(13)28-21-29-22-32(6-1-7-33(22)30-21)15-4-5-16(24)17(25)8-15/h4-5,8-9,12-14,20H,1-3,6-7,10-11H2,(H,28,30)/t13-,14+,20+. The molecule has 2 bridgehead atoms. The quantitative estimate of drug-likeness (QED) is 0.578. The molecule has 6 rings (SSSR count). The lowest BCUT2D eigenvalue weighted by molar-refractivity contribution is 0.374. The predicted molar refractivity (Wildman–Crippen MR) is 121 cm³/mol. The molecule has 2 aliphatic heterocycles. The van der Waals surface area contributed by atoms with Crippen molar-refractivity contribution in [3.63, 3.8) is 0 Å². The molecule has 1 saturated heterocycles. The third-order valence-electron chi connectivity index (χ3n) is 6.93. The summed E-state index contributed by atoms with van der Waals surface area (Å²) >= 11 is 6.06. The highest BCUT2D eigenvalue weighted by atomic mass is 35.5. The van der Waals surface area contributed by atoms with Gasteiger partial charge in [0.2, 0.25) is 11.9 Å². The Morgan fingerprint density at radius 3 is 2.58 bits per heavy atom. The summed E-state index contributed by atoms with van der Waals surface area (Å²) in [6.07, 6.45) is 4.61. The van der Waals surface area contributed by atoms with Gasteiger partial charge in [0.25, 0.3) is 0 Å². The van der Waals surface area contributed by atoms with Gasteiger partial charge in [-0.2, -0.15) is 4.98 Å². The molecule has 2 fully saturated rings. The lowest BCUT2D eigenvalue weighted by Gasteiger charge is -2.38. The predicted octanol–water partition coefficient (Wildman–Crippen LogP) is 3.87. The van der Waals surface area contributed by atoms with E-state index in [0.717, 1.165) is 50.8 Å². The maximum Gasteiger partial charge on any atom is 0.244 e. The maximum absolute atomic E-state index is 13.8. The third-order valence-corrected chi connectivity index (χ3v) is 7.14. The number of benzene rings is 1. The fraction of sp³-hybridized carbons (Fsp3) is 0.455. The van der Waals surface area contributed by atoms with E-state index in [1.54, 1.807) is 6.07 Å². The van der Waals surface area contributed by atoms with E-state index in [0.29, 0.717) is 41.1 Å². The Bertz CT molecular complexity index is 1170. The number of fused-ring (bicyclic) bond motifs is 3. The van der Waals surface area contributed by atoms with Gasteiger partial charge in [0.1, 0.15) is 17.3 Å². The van der Waals surface area contributed by atoms with Crippen molar-refractivity contribution in [2.45, 2.75) is 31.8 Å². The highest BCUT2D eigenvalue weighted by Gasteiger charge is 2.43. The van der Waals surface area contributed by atoms with Gasteiger partial charge in [-0.25, -0.2) is 23.4 Å². The average molecular weight is 473 g/mol. The highest BCUT2D eigenvalue weighted by Crippen LogP contribution is 2.40. The van der Waals surface area contributed by atoms with Gasteiger partial charge in [-0.1, -0.05) is 11.6 Å². The SMILES string of the molecule is Fc1ccc(N2CCCn3nc(N[C@H]4[C@@H]5CC[C@H]4CN(c4cc(Cl)ncn4)C5)nc32)cc1F. The van der Waals surface area contributed by atoms with E-state index in [2.05, 4.69) is 25.3 Å². The summed E-state index contributed by atoms with van der Waals surface area (Å²) in [5.41, 5.74) is 0.575. The smallest absolute Gasteiger partial charge is 0.244 e. The monoisotopic (exact) mass is 472 g/mol. The minimum atomic E-state index is -0.865. The van der Waals surface area contributed by atoms with Crippen molar-refractivity contribution < 1.29 is 8.78 Å². The molecule has 11 heteroatoms. The summed E-state index contributed by atoms with van der Waals surface area (Å²) in [5, 5.41) is 8.72. The second-order valence-corrected chi connectivity index (χ2v) is 9.32. The van der Waals surface area contributed by atoms with Crippen LogP contribution in [-0.2, 0) is 6.54 Å². The number of anilines is 4. The number of aryl methyl sites for hydroxylation is 1. The van der Waals surface area contributed by atoms with Crippen LogP contribution in [0.1, 0.15) is 19.3 Å². The van der Waals surface area contributed by atoms with E-state index in [9.17, 15) is 8.78 Å². The van der Waals surface area contributed by atoms with Gasteiger partial charge < -0.3 is 15.1 Å². The van der Waals surface area contributed by atoms with Crippen LogP contribution in [0.4, 0.5) is 32.2 Å². The molecule has 8 nitrogen and oxygen atoms in total. The van der Waals surface area contributed by atoms with E-state index in [-0.39, 0.29) is 6.04 Å². The summed E-state index contributed by atoms with van der Waals surface area (Å²) in [5.74, 6) is 1.26. The third kappa shape index (κ3) is 3.76. The first-order valence-corrected chi connectivity index (χ1v) is 11.6. The first kappa shape index (κ1) is 20.6. The summed E-state index contributed by atoms with van der Waals surface area (Å²) < 4.78 is 29.1. The van der Waals surface area contributed by atoms with Gasteiger partial charge in [-0.15, -0.1) is 5.10 Å². The molecular formula is C22H23ClF2N8. The molecular weight excluding hydrogens is 450 g/mol. The number of nitrogens with one attached hydrogen (secondary N) is 1. The Hall–Kier alpha value is -3.01. The van der Waals surface area contributed by atoms with Crippen LogP contribution in [-0.4, -0.2) is 50.4 Å². The lowest BCUT2D eigenvalue weighted by Crippen LogP contribution is -2.48. The van der Waals surface area contributed by atoms with Gasteiger partial charge in [-0.05, 0) is 43.2 Å². The largest absolute Gasteiger partial charge is 0.356 e. The fourth-order valence-corrected chi connectivity index (χ4v) is 5.55. The second kappa shape index (κ2) is 8.09. The zero-order valence-corrected chi connectivity index (χ0v) is 18.6. The Labute approximate surface area is 194 Å². The van der Waals surface area contributed by atoms with Crippen molar-refractivity contribution >= 4 is 35.0 Å². The molecule has 1 aliphatic carbocycles. The van der Waals surface area contributed by atoms with Crippen LogP contribution >= 0.6 is 11.6 Å². The second-order valence-electron chi connectivity index (χ2n) is 8.93. The Morgan fingerprint density at radius 1 is 1.00 bits per heavy atom. The molecule has 0 unspecified atom stereocenters. The summed E-state index contributed by atoms with van der Waals surface area (Å²) in [7, 11) is 0. The number of hydrogen-bond donors (Lipinski definition) is 1. The first-order valence-electron chi connectivity index (χ1n) is 11.2. The van der Waals surface area contributed by atoms with Crippen molar-refractivity contribution in [2.24, 2.45) is 11.8 Å². The Balaban J connectivity index is 1.21.